The van der Waals surface area contributed by atoms with E-state index in [1.165, 1.54) is 18.5 Å². The first-order valence-corrected chi connectivity index (χ1v) is 8.86. The first-order valence-electron chi connectivity index (χ1n) is 8.86. The SMILES string of the molecule is COc1ccc(CNc2ncc(C(=O)NCCc3ccccc3F)cn2)cc1. The lowest BCUT2D eigenvalue weighted by Gasteiger charge is -2.08. The summed E-state index contributed by atoms with van der Waals surface area (Å²) >= 11 is 0. The standard InChI is InChI=1S/C21H21FN4O2/c1-28-18-8-6-15(7-9-18)12-24-21-25-13-17(14-26-21)20(27)23-11-10-16-4-2-3-5-19(16)22/h2-9,13-14H,10-12H2,1H3,(H,23,27)(H,24,25,26). The van der Waals surface area contributed by atoms with Gasteiger partial charge in [0.15, 0.2) is 0 Å². The number of hydrogen-bond donors (Lipinski definition) is 2. The summed E-state index contributed by atoms with van der Waals surface area (Å²) in [6.45, 7) is 0.884. The summed E-state index contributed by atoms with van der Waals surface area (Å²) in [5, 5.41) is 5.84. The molecule has 1 heterocycles. The normalized spacial score (nSPS) is 10.4. The average molecular weight is 380 g/mol. The van der Waals surface area contributed by atoms with E-state index in [4.69, 9.17) is 4.74 Å². The van der Waals surface area contributed by atoms with Crippen molar-refractivity contribution >= 4 is 11.9 Å². The fourth-order valence-corrected chi connectivity index (χ4v) is 2.57. The third-order valence-electron chi connectivity index (χ3n) is 4.16. The van der Waals surface area contributed by atoms with Crippen LogP contribution >= 0.6 is 0 Å². The van der Waals surface area contributed by atoms with Crippen molar-refractivity contribution in [3.05, 3.63) is 83.4 Å². The lowest BCUT2D eigenvalue weighted by atomic mass is 10.1. The number of aromatic nitrogens is 2. The second-order valence-corrected chi connectivity index (χ2v) is 6.09. The van der Waals surface area contributed by atoms with Gasteiger partial charge in [0.2, 0.25) is 5.95 Å². The molecule has 3 aromatic rings. The smallest absolute Gasteiger partial charge is 0.254 e. The molecule has 0 aliphatic rings. The van der Waals surface area contributed by atoms with Crippen LogP contribution in [-0.4, -0.2) is 29.5 Å². The number of nitrogens with zero attached hydrogens (tertiary/aromatic N) is 2. The fraction of sp³-hybridized carbons (Fsp3) is 0.190. The number of halogens is 1. The van der Waals surface area contributed by atoms with Gasteiger partial charge in [0.25, 0.3) is 5.91 Å². The summed E-state index contributed by atoms with van der Waals surface area (Å²) in [7, 11) is 1.62. The zero-order valence-electron chi connectivity index (χ0n) is 15.5. The van der Waals surface area contributed by atoms with Gasteiger partial charge in [0, 0.05) is 25.5 Å². The van der Waals surface area contributed by atoms with Crippen LogP contribution in [0.2, 0.25) is 0 Å². The van der Waals surface area contributed by atoms with Gasteiger partial charge in [-0.2, -0.15) is 0 Å². The highest BCUT2D eigenvalue weighted by Gasteiger charge is 2.08. The molecule has 2 N–H and O–H groups in total. The molecule has 0 atom stereocenters. The Morgan fingerprint density at radius 2 is 1.79 bits per heavy atom. The van der Waals surface area contributed by atoms with Crippen LogP contribution < -0.4 is 15.4 Å². The Morgan fingerprint density at radius 3 is 2.46 bits per heavy atom. The van der Waals surface area contributed by atoms with E-state index < -0.39 is 0 Å². The second-order valence-electron chi connectivity index (χ2n) is 6.09. The number of rotatable bonds is 8. The maximum absolute atomic E-state index is 13.6. The number of nitrogens with one attached hydrogen (secondary N) is 2. The number of ether oxygens (including phenoxy) is 1. The monoisotopic (exact) mass is 380 g/mol. The van der Waals surface area contributed by atoms with Gasteiger partial charge in [-0.05, 0) is 35.7 Å². The number of anilines is 1. The Labute approximate surface area is 162 Å². The highest BCUT2D eigenvalue weighted by Crippen LogP contribution is 2.12. The summed E-state index contributed by atoms with van der Waals surface area (Å²) < 4.78 is 18.7. The summed E-state index contributed by atoms with van der Waals surface area (Å²) in [4.78, 5) is 20.5. The Bertz CT molecular complexity index is 914. The van der Waals surface area contributed by atoms with Crippen molar-refractivity contribution in [2.75, 3.05) is 19.0 Å². The lowest BCUT2D eigenvalue weighted by molar-refractivity contribution is 0.0953. The molecule has 0 bridgehead atoms. The highest BCUT2D eigenvalue weighted by molar-refractivity contribution is 5.93. The van der Waals surface area contributed by atoms with Crippen LogP contribution in [0.3, 0.4) is 0 Å². The minimum absolute atomic E-state index is 0.271. The zero-order valence-corrected chi connectivity index (χ0v) is 15.5. The number of methoxy groups -OCH3 is 1. The summed E-state index contributed by atoms with van der Waals surface area (Å²) in [5.74, 6) is 0.662. The Kier molecular flexibility index (Phi) is 6.51. The van der Waals surface area contributed by atoms with E-state index in [-0.39, 0.29) is 11.7 Å². The number of carbonyl (C=O) groups is 1. The quantitative estimate of drug-likeness (QED) is 0.628. The van der Waals surface area contributed by atoms with Crippen molar-refractivity contribution in [1.82, 2.24) is 15.3 Å². The molecule has 7 heteroatoms. The zero-order chi connectivity index (χ0) is 19.8. The van der Waals surface area contributed by atoms with Crippen LogP contribution in [0.25, 0.3) is 0 Å². The molecule has 0 aliphatic carbocycles. The van der Waals surface area contributed by atoms with Crippen LogP contribution in [0.15, 0.2) is 60.9 Å². The summed E-state index contributed by atoms with van der Waals surface area (Å²) in [6, 6.07) is 14.2. The van der Waals surface area contributed by atoms with Crippen LogP contribution in [0.4, 0.5) is 10.3 Å². The molecule has 28 heavy (non-hydrogen) atoms. The third-order valence-corrected chi connectivity index (χ3v) is 4.16. The van der Waals surface area contributed by atoms with Crippen molar-refractivity contribution in [2.45, 2.75) is 13.0 Å². The van der Waals surface area contributed by atoms with Crippen LogP contribution in [0.5, 0.6) is 5.75 Å². The van der Waals surface area contributed by atoms with Crippen molar-refractivity contribution in [3.8, 4) is 5.75 Å². The molecule has 0 radical (unpaired) electrons. The summed E-state index contributed by atoms with van der Waals surface area (Å²) in [5.41, 5.74) is 1.97. The van der Waals surface area contributed by atoms with E-state index in [0.29, 0.717) is 36.6 Å². The highest BCUT2D eigenvalue weighted by atomic mass is 19.1. The summed E-state index contributed by atoms with van der Waals surface area (Å²) in [6.07, 6.45) is 3.34. The van der Waals surface area contributed by atoms with Gasteiger partial charge in [-0.1, -0.05) is 30.3 Å². The topological polar surface area (TPSA) is 76.1 Å². The Morgan fingerprint density at radius 1 is 1.07 bits per heavy atom. The maximum atomic E-state index is 13.6. The predicted octanol–water partition coefficient (Wildman–Crippen LogP) is 3.21. The molecule has 0 unspecified atom stereocenters. The predicted molar refractivity (Wildman–Crippen MR) is 105 cm³/mol. The van der Waals surface area contributed by atoms with Gasteiger partial charge < -0.3 is 15.4 Å². The lowest BCUT2D eigenvalue weighted by Crippen LogP contribution is -2.26. The number of amides is 1. The second kappa shape index (κ2) is 9.45. The Hall–Kier alpha value is -3.48. The van der Waals surface area contributed by atoms with E-state index >= 15 is 0 Å². The van der Waals surface area contributed by atoms with Gasteiger partial charge in [-0.3, -0.25) is 4.79 Å². The first kappa shape index (κ1) is 19.3. The third kappa shape index (κ3) is 5.26. The molecule has 0 aliphatic heterocycles. The van der Waals surface area contributed by atoms with E-state index in [9.17, 15) is 9.18 Å². The molecule has 144 valence electrons. The van der Waals surface area contributed by atoms with Gasteiger partial charge in [-0.25, -0.2) is 14.4 Å². The van der Waals surface area contributed by atoms with Crippen molar-refractivity contribution in [3.63, 3.8) is 0 Å². The van der Waals surface area contributed by atoms with Gasteiger partial charge in [-0.15, -0.1) is 0 Å². The van der Waals surface area contributed by atoms with Crippen molar-refractivity contribution < 1.29 is 13.9 Å². The largest absolute Gasteiger partial charge is 0.497 e. The molecule has 1 aromatic heterocycles. The number of benzene rings is 2. The molecule has 6 nitrogen and oxygen atoms in total. The van der Waals surface area contributed by atoms with Crippen molar-refractivity contribution in [2.24, 2.45) is 0 Å². The minimum atomic E-state index is -0.293. The molecular formula is C21H21FN4O2. The van der Waals surface area contributed by atoms with Crippen LogP contribution in [-0.2, 0) is 13.0 Å². The van der Waals surface area contributed by atoms with E-state index in [0.717, 1.165) is 11.3 Å². The van der Waals surface area contributed by atoms with Gasteiger partial charge in [0.05, 0.1) is 12.7 Å². The molecule has 1 amide bonds. The molecule has 0 spiro atoms. The molecule has 0 fully saturated rings. The number of hydrogen-bond acceptors (Lipinski definition) is 5. The molecule has 3 rings (SSSR count). The van der Waals surface area contributed by atoms with E-state index in [1.807, 2.05) is 24.3 Å². The molecule has 2 aromatic carbocycles. The van der Waals surface area contributed by atoms with Gasteiger partial charge in [0.1, 0.15) is 11.6 Å². The average Bonchev–Trinajstić information content (AvgIpc) is 2.74. The molecular weight excluding hydrogens is 359 g/mol. The van der Waals surface area contributed by atoms with Crippen molar-refractivity contribution in [1.29, 1.82) is 0 Å². The van der Waals surface area contributed by atoms with E-state index in [2.05, 4.69) is 20.6 Å². The van der Waals surface area contributed by atoms with E-state index in [1.54, 1.807) is 25.3 Å². The van der Waals surface area contributed by atoms with Gasteiger partial charge >= 0.3 is 0 Å². The minimum Gasteiger partial charge on any atom is -0.497 e. The Balaban J connectivity index is 1.47. The first-order chi connectivity index (χ1) is 13.7. The van der Waals surface area contributed by atoms with Crippen LogP contribution in [0, 0.1) is 5.82 Å². The number of carbonyl (C=O) groups excluding carboxylic acids is 1. The molecule has 0 saturated heterocycles. The molecule has 0 saturated carbocycles. The maximum Gasteiger partial charge on any atom is 0.254 e. The fourth-order valence-electron chi connectivity index (χ4n) is 2.57. The van der Waals surface area contributed by atoms with Crippen LogP contribution in [0.1, 0.15) is 21.5 Å².